The van der Waals surface area contributed by atoms with Crippen molar-refractivity contribution in [3.63, 3.8) is 0 Å². The molecule has 0 amide bonds. The van der Waals surface area contributed by atoms with E-state index >= 15 is 0 Å². The van der Waals surface area contributed by atoms with Crippen molar-refractivity contribution in [1.82, 2.24) is 9.55 Å². The minimum absolute atomic E-state index is 0.0223. The van der Waals surface area contributed by atoms with Gasteiger partial charge in [0.2, 0.25) is 6.23 Å². The summed E-state index contributed by atoms with van der Waals surface area (Å²) in [5.74, 6) is -3.64. The number of halogens is 4. The summed E-state index contributed by atoms with van der Waals surface area (Å²) >= 11 is 4.74. The first kappa shape index (κ1) is 15.1. The van der Waals surface area contributed by atoms with Crippen LogP contribution in [0, 0.1) is 3.57 Å². The lowest BCUT2D eigenvalue weighted by molar-refractivity contribution is -0.140. The molecule has 1 aliphatic rings. The minimum atomic E-state index is -3.59. The van der Waals surface area contributed by atoms with Crippen LogP contribution in [-0.2, 0) is 4.74 Å². The predicted octanol–water partition coefficient (Wildman–Crippen LogP) is 0.719. The summed E-state index contributed by atoms with van der Waals surface area (Å²) in [6, 6.07) is 0. The molecule has 0 spiro atoms. The van der Waals surface area contributed by atoms with Gasteiger partial charge in [0.05, 0.1) is 3.57 Å². The van der Waals surface area contributed by atoms with E-state index < -0.39 is 30.0 Å². The van der Waals surface area contributed by atoms with Gasteiger partial charge in [0, 0.05) is 11.5 Å². The minimum Gasteiger partial charge on any atom is -0.384 e. The Balaban J connectivity index is 2.48. The summed E-state index contributed by atoms with van der Waals surface area (Å²) in [6.07, 6.45) is -3.88. The summed E-state index contributed by atoms with van der Waals surface area (Å²) in [5, 5.41) is 9.52. The molecule has 0 aromatic carbocycles. The van der Waals surface area contributed by atoms with Crippen LogP contribution in [0.5, 0.6) is 0 Å². The first-order chi connectivity index (χ1) is 8.78. The molecule has 2 rings (SSSR count). The summed E-state index contributed by atoms with van der Waals surface area (Å²) in [5.41, 5.74) is 4.47. The largest absolute Gasteiger partial charge is 0.384 e. The van der Waals surface area contributed by atoms with E-state index in [1.807, 2.05) is 0 Å². The second-order valence-corrected chi connectivity index (χ2v) is 5.77. The maximum Gasteiger partial charge on any atom is 0.351 e. The second kappa shape index (κ2) is 5.22. The van der Waals surface area contributed by atoms with Crippen LogP contribution >= 0.6 is 38.5 Å². The third kappa shape index (κ3) is 2.50. The molecule has 1 aliphatic heterocycles. The third-order valence-electron chi connectivity index (χ3n) is 2.72. The van der Waals surface area contributed by atoms with Crippen molar-refractivity contribution in [2.45, 2.75) is 24.4 Å². The fourth-order valence-corrected chi connectivity index (χ4v) is 2.65. The van der Waals surface area contributed by atoms with E-state index in [4.69, 9.17) is 10.5 Å². The van der Waals surface area contributed by atoms with Crippen molar-refractivity contribution in [1.29, 1.82) is 0 Å². The maximum atomic E-state index is 13.9. The van der Waals surface area contributed by atoms with Crippen LogP contribution in [0.25, 0.3) is 0 Å². The van der Waals surface area contributed by atoms with Gasteiger partial charge in [0.1, 0.15) is 18.0 Å². The number of aliphatic hydroxyl groups excluding tert-OH is 1. The van der Waals surface area contributed by atoms with E-state index in [1.54, 1.807) is 22.6 Å². The van der Waals surface area contributed by atoms with E-state index in [1.165, 1.54) is 0 Å². The van der Waals surface area contributed by atoms with Crippen molar-refractivity contribution >= 4 is 44.3 Å². The molecule has 1 fully saturated rings. The Morgan fingerprint density at radius 3 is 2.84 bits per heavy atom. The Morgan fingerprint density at radius 2 is 2.32 bits per heavy atom. The van der Waals surface area contributed by atoms with Crippen LogP contribution in [0.1, 0.15) is 6.23 Å². The summed E-state index contributed by atoms with van der Waals surface area (Å²) in [6.45, 7) is 0. The van der Waals surface area contributed by atoms with Gasteiger partial charge in [-0.25, -0.2) is 4.79 Å². The molecule has 0 bridgehead atoms. The molecule has 0 radical (unpaired) electrons. The van der Waals surface area contributed by atoms with Crippen molar-refractivity contribution < 1.29 is 18.6 Å². The van der Waals surface area contributed by atoms with Gasteiger partial charge in [-0.05, 0) is 22.6 Å². The highest BCUT2D eigenvalue weighted by molar-refractivity contribution is 14.1. The number of hydrogen-bond acceptors (Lipinski definition) is 5. The van der Waals surface area contributed by atoms with Crippen molar-refractivity contribution in [3.8, 4) is 0 Å². The number of aromatic nitrogens is 2. The average Bonchev–Trinajstić information content (AvgIpc) is 2.56. The van der Waals surface area contributed by atoms with Gasteiger partial charge in [0.25, 0.3) is 0 Å². The Hall–Kier alpha value is -0.330. The molecule has 106 valence electrons. The number of nitrogen functional groups attached to an aromatic ring is 1. The normalized spacial score (nSPS) is 29.6. The highest BCUT2D eigenvalue weighted by Gasteiger charge is 2.59. The predicted molar refractivity (Wildman–Crippen MR) is 74.3 cm³/mol. The van der Waals surface area contributed by atoms with Gasteiger partial charge in [-0.3, -0.25) is 4.57 Å². The first-order valence-electron chi connectivity index (χ1n) is 5.10. The zero-order valence-corrected chi connectivity index (χ0v) is 13.0. The molecule has 3 atom stereocenters. The van der Waals surface area contributed by atoms with Gasteiger partial charge in [-0.1, -0.05) is 15.9 Å². The van der Waals surface area contributed by atoms with Crippen LogP contribution in [0.4, 0.5) is 14.6 Å². The average molecular weight is 452 g/mol. The SMILES string of the molecule is Nc1nc(=O)n([C@@H]2O[C@H](CBr)[C@@H](O)C2(F)F)cc1I. The smallest absolute Gasteiger partial charge is 0.351 e. The fraction of sp³-hybridized carbons (Fsp3) is 0.556. The van der Waals surface area contributed by atoms with Crippen LogP contribution < -0.4 is 11.4 Å². The number of ether oxygens (including phenoxy) is 1. The van der Waals surface area contributed by atoms with E-state index in [2.05, 4.69) is 20.9 Å². The number of alkyl halides is 3. The molecule has 0 unspecified atom stereocenters. The van der Waals surface area contributed by atoms with Gasteiger partial charge in [-0.2, -0.15) is 13.8 Å². The molecular weight excluding hydrogens is 443 g/mol. The zero-order valence-electron chi connectivity index (χ0n) is 9.26. The topological polar surface area (TPSA) is 90.4 Å². The van der Waals surface area contributed by atoms with Gasteiger partial charge in [0.15, 0.2) is 0 Å². The standard InChI is InChI=1S/C9H9BrF2IN3O3/c10-1-4-5(17)9(11,12)7(19-4)16-2-3(13)6(14)15-8(16)18/h2,4-5,7,17H,1H2,(H2,14,15,18)/t4-,5-,7-/m1/s1. The van der Waals surface area contributed by atoms with Gasteiger partial charge < -0.3 is 15.6 Å². The van der Waals surface area contributed by atoms with E-state index in [0.717, 1.165) is 6.20 Å². The zero-order chi connectivity index (χ0) is 14.4. The molecule has 0 saturated carbocycles. The summed E-state index contributed by atoms with van der Waals surface area (Å²) in [4.78, 5) is 15.1. The van der Waals surface area contributed by atoms with Crippen molar-refractivity contribution in [2.24, 2.45) is 0 Å². The second-order valence-electron chi connectivity index (χ2n) is 3.96. The number of rotatable bonds is 2. The summed E-state index contributed by atoms with van der Waals surface area (Å²) in [7, 11) is 0. The molecule has 1 saturated heterocycles. The van der Waals surface area contributed by atoms with E-state index in [0.29, 0.717) is 8.14 Å². The van der Waals surface area contributed by atoms with Gasteiger partial charge in [-0.15, -0.1) is 0 Å². The highest BCUT2D eigenvalue weighted by Crippen LogP contribution is 2.42. The number of hydrogen-bond donors (Lipinski definition) is 2. The molecule has 19 heavy (non-hydrogen) atoms. The molecule has 1 aromatic heterocycles. The number of nitrogens with two attached hydrogens (primary N) is 1. The third-order valence-corrected chi connectivity index (χ3v) is 4.19. The number of anilines is 1. The Kier molecular flexibility index (Phi) is 4.14. The number of nitrogens with zero attached hydrogens (tertiary/aromatic N) is 2. The molecule has 6 nitrogen and oxygen atoms in total. The van der Waals surface area contributed by atoms with Crippen LogP contribution in [0.3, 0.4) is 0 Å². The molecular formula is C9H9BrF2IN3O3. The lowest BCUT2D eigenvalue weighted by Gasteiger charge is -2.21. The quantitative estimate of drug-likeness (QED) is 0.510. The van der Waals surface area contributed by atoms with E-state index in [-0.39, 0.29) is 11.1 Å². The molecule has 3 N–H and O–H groups in total. The lowest BCUT2D eigenvalue weighted by atomic mass is 10.1. The highest BCUT2D eigenvalue weighted by atomic mass is 127. The Bertz CT molecular complexity index is 556. The molecule has 1 aromatic rings. The van der Waals surface area contributed by atoms with Crippen molar-refractivity contribution in [3.05, 3.63) is 20.3 Å². The maximum absolute atomic E-state index is 13.9. The Labute approximate surface area is 128 Å². The molecule has 0 aliphatic carbocycles. The van der Waals surface area contributed by atoms with Crippen LogP contribution in [0.15, 0.2) is 11.0 Å². The molecule has 10 heteroatoms. The summed E-state index contributed by atoms with van der Waals surface area (Å²) < 4.78 is 33.9. The number of aliphatic hydroxyl groups is 1. The fourth-order valence-electron chi connectivity index (χ4n) is 1.72. The monoisotopic (exact) mass is 451 g/mol. The van der Waals surface area contributed by atoms with E-state index in [9.17, 15) is 18.7 Å². The lowest BCUT2D eigenvalue weighted by Crippen LogP contribution is -2.41. The Morgan fingerprint density at radius 1 is 1.68 bits per heavy atom. The van der Waals surface area contributed by atoms with Gasteiger partial charge >= 0.3 is 11.6 Å². The van der Waals surface area contributed by atoms with Crippen molar-refractivity contribution in [2.75, 3.05) is 11.1 Å². The molecule has 2 heterocycles. The van der Waals surface area contributed by atoms with Crippen LogP contribution in [0.2, 0.25) is 0 Å². The first-order valence-corrected chi connectivity index (χ1v) is 7.30. The van der Waals surface area contributed by atoms with Crippen LogP contribution in [-0.4, -0.2) is 38.1 Å².